The van der Waals surface area contributed by atoms with E-state index in [1.165, 1.54) is 22.3 Å². The maximum Gasteiger partial charge on any atom is 0.154 e. The number of aliphatic hydroxyl groups is 1. The van der Waals surface area contributed by atoms with Crippen LogP contribution in [0.15, 0.2) is 60.8 Å². The van der Waals surface area contributed by atoms with E-state index in [4.69, 9.17) is 0 Å². The van der Waals surface area contributed by atoms with Crippen LogP contribution in [0, 0.1) is 13.8 Å². The largest absolute Gasteiger partial charge is 0.387 e. The predicted molar refractivity (Wildman–Crippen MR) is 104 cm³/mol. The number of rotatable bonds is 3. The minimum absolute atomic E-state index is 0.595. The van der Waals surface area contributed by atoms with Crippen LogP contribution >= 0.6 is 0 Å². The normalized spacial score (nSPS) is 12.5. The fraction of sp³-hybridized carbons (Fsp3) is 0.182. The molecule has 1 N–H and O–H groups in total. The van der Waals surface area contributed by atoms with Gasteiger partial charge in [-0.2, -0.15) is 5.10 Å². The fourth-order valence-corrected chi connectivity index (χ4v) is 3.01. The summed E-state index contributed by atoms with van der Waals surface area (Å²) in [6.45, 7) is 5.97. The van der Waals surface area contributed by atoms with Crippen LogP contribution in [0.5, 0.6) is 0 Å². The van der Waals surface area contributed by atoms with E-state index in [2.05, 4.69) is 66.4 Å². The Morgan fingerprint density at radius 1 is 0.846 bits per heavy atom. The van der Waals surface area contributed by atoms with Crippen LogP contribution in [0.25, 0.3) is 28.0 Å². The van der Waals surface area contributed by atoms with E-state index >= 15 is 0 Å². The summed E-state index contributed by atoms with van der Waals surface area (Å²) in [6, 6.07) is 18.6. The van der Waals surface area contributed by atoms with Crippen LogP contribution in [0.1, 0.15) is 29.8 Å². The van der Waals surface area contributed by atoms with Crippen molar-refractivity contribution in [1.29, 1.82) is 0 Å². The van der Waals surface area contributed by atoms with E-state index in [1.807, 2.05) is 12.3 Å². The lowest BCUT2D eigenvalue weighted by atomic mass is 9.99. The standard InChI is InChI=1S/C22H21N3O/c1-14-4-5-19(12-15(14)2)17-6-8-18(9-7-17)21-13-25-22(23-21)11-10-20(24-25)16(3)26/h4-13,16,26H,1-3H3. The molecule has 0 aliphatic carbocycles. The van der Waals surface area contributed by atoms with Crippen LogP contribution in [0.3, 0.4) is 0 Å². The molecule has 4 aromatic rings. The lowest BCUT2D eigenvalue weighted by Gasteiger charge is -2.06. The molecule has 0 aliphatic rings. The minimum atomic E-state index is -0.595. The number of aliphatic hydroxyl groups excluding tert-OH is 1. The van der Waals surface area contributed by atoms with Crippen LogP contribution in [0.2, 0.25) is 0 Å². The van der Waals surface area contributed by atoms with Gasteiger partial charge in [-0.1, -0.05) is 42.5 Å². The van der Waals surface area contributed by atoms with Crippen LogP contribution < -0.4 is 0 Å². The first-order chi connectivity index (χ1) is 12.5. The molecule has 0 amide bonds. The monoisotopic (exact) mass is 343 g/mol. The summed E-state index contributed by atoms with van der Waals surface area (Å²) in [5, 5.41) is 14.1. The van der Waals surface area contributed by atoms with Gasteiger partial charge in [0.05, 0.1) is 23.7 Å². The summed E-state index contributed by atoms with van der Waals surface area (Å²) < 4.78 is 1.72. The predicted octanol–water partition coefficient (Wildman–Crippen LogP) is 4.73. The number of fused-ring (bicyclic) bond motifs is 1. The third kappa shape index (κ3) is 3.00. The quantitative estimate of drug-likeness (QED) is 0.585. The summed E-state index contributed by atoms with van der Waals surface area (Å²) in [5.41, 5.74) is 8.32. The first kappa shape index (κ1) is 16.5. The molecule has 0 saturated heterocycles. The van der Waals surface area contributed by atoms with Crippen molar-refractivity contribution in [3.63, 3.8) is 0 Å². The zero-order chi connectivity index (χ0) is 18.3. The number of imidazole rings is 1. The molecule has 26 heavy (non-hydrogen) atoms. The van der Waals surface area contributed by atoms with Gasteiger partial charge in [-0.3, -0.25) is 0 Å². The first-order valence-electron chi connectivity index (χ1n) is 8.74. The molecule has 0 radical (unpaired) electrons. The second-order valence-corrected chi connectivity index (χ2v) is 6.74. The molecule has 130 valence electrons. The third-order valence-corrected chi connectivity index (χ3v) is 4.79. The van der Waals surface area contributed by atoms with Crippen molar-refractivity contribution in [1.82, 2.24) is 14.6 Å². The van der Waals surface area contributed by atoms with E-state index in [1.54, 1.807) is 17.5 Å². The zero-order valence-electron chi connectivity index (χ0n) is 15.1. The van der Waals surface area contributed by atoms with Crippen molar-refractivity contribution in [2.45, 2.75) is 26.9 Å². The van der Waals surface area contributed by atoms with Gasteiger partial charge in [0.1, 0.15) is 0 Å². The molecular weight excluding hydrogens is 322 g/mol. The SMILES string of the molecule is Cc1ccc(-c2ccc(-c3cn4nc(C(C)O)ccc4n3)cc2)cc1C. The molecule has 0 fully saturated rings. The van der Waals surface area contributed by atoms with Gasteiger partial charge in [-0.15, -0.1) is 0 Å². The van der Waals surface area contributed by atoms with Crippen molar-refractivity contribution in [3.8, 4) is 22.4 Å². The number of nitrogens with zero attached hydrogens (tertiary/aromatic N) is 3. The Balaban J connectivity index is 1.68. The van der Waals surface area contributed by atoms with Crippen LogP contribution in [0.4, 0.5) is 0 Å². The molecule has 0 saturated carbocycles. The molecule has 0 aliphatic heterocycles. The zero-order valence-corrected chi connectivity index (χ0v) is 15.1. The van der Waals surface area contributed by atoms with Gasteiger partial charge in [0.25, 0.3) is 0 Å². The van der Waals surface area contributed by atoms with Gasteiger partial charge >= 0.3 is 0 Å². The molecule has 4 nitrogen and oxygen atoms in total. The number of benzene rings is 2. The minimum Gasteiger partial charge on any atom is -0.387 e. The summed E-state index contributed by atoms with van der Waals surface area (Å²) in [4.78, 5) is 4.63. The number of hydrogen-bond donors (Lipinski definition) is 1. The van der Waals surface area contributed by atoms with Gasteiger partial charge < -0.3 is 5.11 Å². The molecular formula is C22H21N3O. The van der Waals surface area contributed by atoms with E-state index < -0.39 is 6.10 Å². The molecule has 2 aromatic heterocycles. The van der Waals surface area contributed by atoms with Crippen molar-refractivity contribution in [3.05, 3.63) is 77.6 Å². The van der Waals surface area contributed by atoms with Crippen molar-refractivity contribution >= 4 is 5.65 Å². The third-order valence-electron chi connectivity index (χ3n) is 4.79. The van der Waals surface area contributed by atoms with Gasteiger partial charge in [0.15, 0.2) is 5.65 Å². The number of aromatic nitrogens is 3. The van der Waals surface area contributed by atoms with Gasteiger partial charge in [-0.25, -0.2) is 9.50 Å². The highest BCUT2D eigenvalue weighted by molar-refractivity contribution is 5.70. The Bertz CT molecular complexity index is 1080. The molecule has 1 unspecified atom stereocenters. The maximum atomic E-state index is 9.69. The summed E-state index contributed by atoms with van der Waals surface area (Å²) in [6.07, 6.45) is 1.30. The van der Waals surface area contributed by atoms with E-state index in [0.29, 0.717) is 5.69 Å². The fourth-order valence-electron chi connectivity index (χ4n) is 3.01. The average Bonchev–Trinajstić information content (AvgIpc) is 3.07. The van der Waals surface area contributed by atoms with Gasteiger partial charge in [-0.05, 0) is 55.2 Å². The first-order valence-corrected chi connectivity index (χ1v) is 8.74. The van der Waals surface area contributed by atoms with E-state index in [0.717, 1.165) is 16.9 Å². The Morgan fingerprint density at radius 2 is 1.54 bits per heavy atom. The summed E-state index contributed by atoms with van der Waals surface area (Å²) in [7, 11) is 0. The second-order valence-electron chi connectivity index (χ2n) is 6.74. The Labute approximate surface area is 152 Å². The highest BCUT2D eigenvalue weighted by Gasteiger charge is 2.09. The lowest BCUT2D eigenvalue weighted by molar-refractivity contribution is 0.192. The Hall–Kier alpha value is -2.98. The molecule has 4 heteroatoms. The smallest absolute Gasteiger partial charge is 0.154 e. The molecule has 2 aromatic carbocycles. The highest BCUT2D eigenvalue weighted by atomic mass is 16.3. The van der Waals surface area contributed by atoms with E-state index in [-0.39, 0.29) is 0 Å². The number of hydrogen-bond acceptors (Lipinski definition) is 3. The summed E-state index contributed by atoms with van der Waals surface area (Å²) >= 11 is 0. The van der Waals surface area contributed by atoms with Gasteiger partial charge in [0, 0.05) is 5.56 Å². The summed E-state index contributed by atoms with van der Waals surface area (Å²) in [5.74, 6) is 0. The van der Waals surface area contributed by atoms with Crippen LogP contribution in [-0.2, 0) is 0 Å². The molecule has 0 bridgehead atoms. The maximum absolute atomic E-state index is 9.69. The van der Waals surface area contributed by atoms with Crippen molar-refractivity contribution < 1.29 is 5.11 Å². The Kier molecular flexibility index (Phi) is 4.05. The van der Waals surface area contributed by atoms with Crippen molar-refractivity contribution in [2.24, 2.45) is 0 Å². The van der Waals surface area contributed by atoms with Crippen molar-refractivity contribution in [2.75, 3.05) is 0 Å². The second kappa shape index (κ2) is 6.39. The molecule has 0 spiro atoms. The molecule has 1 atom stereocenters. The topological polar surface area (TPSA) is 50.4 Å². The molecule has 4 rings (SSSR count). The Morgan fingerprint density at radius 3 is 2.23 bits per heavy atom. The van der Waals surface area contributed by atoms with Gasteiger partial charge in [0.2, 0.25) is 0 Å². The number of aryl methyl sites for hydroxylation is 2. The lowest BCUT2D eigenvalue weighted by Crippen LogP contribution is -2.00. The van der Waals surface area contributed by atoms with E-state index in [9.17, 15) is 5.11 Å². The van der Waals surface area contributed by atoms with Crippen LogP contribution in [-0.4, -0.2) is 19.7 Å². The average molecular weight is 343 g/mol. The highest BCUT2D eigenvalue weighted by Crippen LogP contribution is 2.26. The molecule has 2 heterocycles.